The van der Waals surface area contributed by atoms with Crippen LogP contribution in [0.1, 0.15) is 32.3 Å². The first kappa shape index (κ1) is 21.3. The van der Waals surface area contributed by atoms with Crippen molar-refractivity contribution in [3.05, 3.63) is 34.3 Å². The molecule has 0 bridgehead atoms. The van der Waals surface area contributed by atoms with E-state index >= 15 is 0 Å². The average Bonchev–Trinajstić information content (AvgIpc) is 2.95. The Hall–Kier alpha value is -2.00. The maximum absolute atomic E-state index is 13.4. The molecule has 0 unspecified atom stereocenters. The van der Waals surface area contributed by atoms with Gasteiger partial charge in [-0.25, -0.2) is 9.89 Å². The van der Waals surface area contributed by atoms with E-state index in [4.69, 9.17) is 4.42 Å². The van der Waals surface area contributed by atoms with Crippen LogP contribution in [-0.4, -0.2) is 28.8 Å². The van der Waals surface area contributed by atoms with Crippen LogP contribution in [0.2, 0.25) is 0 Å². The van der Waals surface area contributed by atoms with Crippen LogP contribution in [0.15, 0.2) is 27.4 Å². The zero-order chi connectivity index (χ0) is 18.9. The average molecular weight is 407 g/mol. The second kappa shape index (κ2) is 8.35. The third-order valence-electron chi connectivity index (χ3n) is 4.77. The highest BCUT2D eigenvalue weighted by Crippen LogP contribution is 2.39. The summed E-state index contributed by atoms with van der Waals surface area (Å²) in [4.78, 5) is 11.1. The van der Waals surface area contributed by atoms with Crippen molar-refractivity contribution in [3.8, 4) is 11.5 Å². The van der Waals surface area contributed by atoms with Gasteiger partial charge in [-0.2, -0.15) is 13.2 Å². The van der Waals surface area contributed by atoms with Gasteiger partial charge in [-0.15, -0.1) is 17.5 Å². The Labute approximate surface area is 160 Å². The zero-order valence-corrected chi connectivity index (χ0v) is 15.7. The Kier molecular flexibility index (Phi) is 6.59. The number of alkyl halides is 3. The van der Waals surface area contributed by atoms with Crippen molar-refractivity contribution in [1.82, 2.24) is 15.5 Å². The lowest BCUT2D eigenvalue weighted by Gasteiger charge is -2.40. The monoisotopic (exact) mass is 406 g/mol. The Morgan fingerprint density at radius 2 is 2.07 bits per heavy atom. The smallest absolute Gasteiger partial charge is 0.388 e. The number of rotatable bonds is 6. The van der Waals surface area contributed by atoms with Crippen molar-refractivity contribution in [2.75, 3.05) is 11.9 Å². The molecular weight excluding hydrogens is 385 g/mol. The van der Waals surface area contributed by atoms with Gasteiger partial charge in [-0.1, -0.05) is 6.92 Å². The Bertz CT molecular complexity index is 815. The highest BCUT2D eigenvalue weighted by molar-refractivity contribution is 5.85. The molecule has 1 atom stereocenters. The zero-order valence-electron chi connectivity index (χ0n) is 14.9. The number of halogens is 4. The van der Waals surface area contributed by atoms with Crippen molar-refractivity contribution < 1.29 is 17.6 Å². The summed E-state index contributed by atoms with van der Waals surface area (Å²) in [6.07, 6.45) is -2.63. The molecule has 0 saturated heterocycles. The van der Waals surface area contributed by atoms with E-state index in [9.17, 15) is 18.0 Å². The minimum Gasteiger partial charge on any atom is -0.388 e. The summed E-state index contributed by atoms with van der Waals surface area (Å²) < 4.78 is 44.9. The van der Waals surface area contributed by atoms with Crippen LogP contribution in [0.4, 0.5) is 18.9 Å². The molecule has 1 aromatic carbocycles. The largest absolute Gasteiger partial charge is 0.434 e. The number of hydrogen-bond donors (Lipinski definition) is 3. The molecular formula is C17H22ClF3N4O2. The molecule has 0 aliphatic heterocycles. The number of H-pyrrole nitrogens is 1. The normalized spacial score (nSPS) is 20.5. The molecule has 2 aromatic rings. The van der Waals surface area contributed by atoms with Crippen LogP contribution in [0, 0.1) is 5.92 Å². The fourth-order valence-electron chi connectivity index (χ4n) is 3.29. The van der Waals surface area contributed by atoms with E-state index in [2.05, 4.69) is 20.8 Å². The summed E-state index contributed by atoms with van der Waals surface area (Å²) in [7, 11) is 0. The molecule has 0 radical (unpaired) electrons. The lowest BCUT2D eigenvalue weighted by Crippen LogP contribution is -2.46. The third kappa shape index (κ3) is 4.84. The minimum atomic E-state index is -4.49. The maximum Gasteiger partial charge on any atom is 0.434 e. The molecule has 0 spiro atoms. The van der Waals surface area contributed by atoms with E-state index in [0.717, 1.165) is 25.5 Å². The summed E-state index contributed by atoms with van der Waals surface area (Å²) >= 11 is 0. The number of nitrogens with one attached hydrogen (secondary N) is 3. The summed E-state index contributed by atoms with van der Waals surface area (Å²) in [5.41, 5.74) is -0.501. The predicted molar refractivity (Wildman–Crippen MR) is 98.1 cm³/mol. The van der Waals surface area contributed by atoms with Crippen molar-refractivity contribution in [1.29, 1.82) is 0 Å². The van der Waals surface area contributed by atoms with Gasteiger partial charge in [-0.3, -0.25) is 0 Å². The lowest BCUT2D eigenvalue weighted by molar-refractivity contribution is -0.137. The topological polar surface area (TPSA) is 83.0 Å². The first-order valence-electron chi connectivity index (χ1n) is 8.55. The van der Waals surface area contributed by atoms with E-state index in [0.29, 0.717) is 17.5 Å². The van der Waals surface area contributed by atoms with Gasteiger partial charge in [-0.05, 0) is 50.4 Å². The molecule has 0 amide bonds. The van der Waals surface area contributed by atoms with E-state index in [-0.39, 0.29) is 30.0 Å². The third-order valence-corrected chi connectivity index (χ3v) is 4.77. The van der Waals surface area contributed by atoms with Crippen LogP contribution in [-0.2, 0) is 6.18 Å². The van der Waals surface area contributed by atoms with Crippen LogP contribution >= 0.6 is 12.4 Å². The Morgan fingerprint density at radius 3 is 2.63 bits per heavy atom. The van der Waals surface area contributed by atoms with Crippen molar-refractivity contribution in [2.45, 2.75) is 44.9 Å². The fraction of sp³-hybridized carbons (Fsp3) is 0.529. The summed E-state index contributed by atoms with van der Waals surface area (Å²) in [6, 6.07) is 3.84. The van der Waals surface area contributed by atoms with Gasteiger partial charge in [0.15, 0.2) is 0 Å². The van der Waals surface area contributed by atoms with E-state index < -0.39 is 17.5 Å². The molecule has 1 aliphatic carbocycles. The number of aromatic nitrogens is 2. The number of nitrogens with zero attached hydrogens (tertiary/aromatic N) is 1. The molecule has 1 aliphatic rings. The second-order valence-corrected chi connectivity index (χ2v) is 6.60. The molecule has 1 heterocycles. The molecule has 1 saturated carbocycles. The molecule has 10 heteroatoms. The molecule has 6 nitrogen and oxygen atoms in total. The highest BCUT2D eigenvalue weighted by atomic mass is 35.5. The quantitative estimate of drug-likeness (QED) is 0.682. The number of anilines is 1. The van der Waals surface area contributed by atoms with Gasteiger partial charge in [0.05, 0.1) is 5.56 Å². The predicted octanol–water partition coefficient (Wildman–Crippen LogP) is 3.66. The molecule has 3 N–H and O–H groups in total. The number of benzene rings is 1. The van der Waals surface area contributed by atoms with Gasteiger partial charge >= 0.3 is 11.9 Å². The molecule has 1 fully saturated rings. The highest BCUT2D eigenvalue weighted by Gasteiger charge is 2.36. The lowest BCUT2D eigenvalue weighted by atomic mass is 9.76. The van der Waals surface area contributed by atoms with E-state index in [1.54, 1.807) is 0 Å². The van der Waals surface area contributed by atoms with Crippen molar-refractivity contribution >= 4 is 18.1 Å². The first-order valence-corrected chi connectivity index (χ1v) is 8.55. The minimum absolute atomic E-state index is 0. The standard InChI is InChI=1S/C17H21F3N4O2.ClH/c1-3-21-12-6-11(7-12)9(2)22-14-8-10(15-23-24-16(25)26-15)4-5-13(14)17(18,19)20;/h4-5,8-9,11-12,21-22H,3,6-7H2,1-2H3,(H,24,25);1H/t9-,11?,12?;/m0./s1. The van der Waals surface area contributed by atoms with Crippen molar-refractivity contribution in [2.24, 2.45) is 5.92 Å². The molecule has 1 aromatic heterocycles. The fourth-order valence-corrected chi connectivity index (χ4v) is 3.29. The van der Waals surface area contributed by atoms with Crippen LogP contribution < -0.4 is 16.4 Å². The molecule has 150 valence electrons. The Balaban J connectivity index is 0.00000261. The first-order chi connectivity index (χ1) is 12.3. The Morgan fingerprint density at radius 1 is 1.37 bits per heavy atom. The van der Waals surface area contributed by atoms with Crippen LogP contribution in [0.5, 0.6) is 0 Å². The number of aromatic amines is 1. The summed E-state index contributed by atoms with van der Waals surface area (Å²) in [6.45, 7) is 4.80. The van der Waals surface area contributed by atoms with Gasteiger partial charge < -0.3 is 15.1 Å². The molecule has 27 heavy (non-hydrogen) atoms. The summed E-state index contributed by atoms with van der Waals surface area (Å²) in [5.74, 6) is -0.505. The van der Waals surface area contributed by atoms with E-state index in [1.807, 2.05) is 13.8 Å². The maximum atomic E-state index is 13.4. The van der Waals surface area contributed by atoms with Gasteiger partial charge in [0.2, 0.25) is 5.89 Å². The number of hydrogen-bond acceptors (Lipinski definition) is 5. The van der Waals surface area contributed by atoms with Gasteiger partial charge in [0.25, 0.3) is 0 Å². The molecule has 3 rings (SSSR count). The van der Waals surface area contributed by atoms with E-state index in [1.165, 1.54) is 12.1 Å². The van der Waals surface area contributed by atoms with Crippen molar-refractivity contribution in [3.63, 3.8) is 0 Å². The van der Waals surface area contributed by atoms with Crippen LogP contribution in [0.3, 0.4) is 0 Å². The summed E-state index contributed by atoms with van der Waals surface area (Å²) in [5, 5.41) is 12.1. The van der Waals surface area contributed by atoms with Crippen LogP contribution in [0.25, 0.3) is 11.5 Å². The van der Waals surface area contributed by atoms with Gasteiger partial charge in [0, 0.05) is 23.3 Å². The SMILES string of the molecule is CCNC1CC([C@H](C)Nc2cc(-c3n[nH]c(=O)o3)ccc2C(F)(F)F)C1.Cl. The van der Waals surface area contributed by atoms with Gasteiger partial charge in [0.1, 0.15) is 0 Å². The second-order valence-electron chi connectivity index (χ2n) is 6.60.